The highest BCUT2D eigenvalue weighted by atomic mass is 32.1. The van der Waals surface area contributed by atoms with Crippen LogP contribution in [0.4, 0.5) is 0 Å². The van der Waals surface area contributed by atoms with Gasteiger partial charge in [-0.3, -0.25) is 4.98 Å². The van der Waals surface area contributed by atoms with Gasteiger partial charge in [0.1, 0.15) is 0 Å². The number of nitrogens with one attached hydrogen (secondary N) is 1. The van der Waals surface area contributed by atoms with Crippen molar-refractivity contribution in [2.75, 3.05) is 7.05 Å². The van der Waals surface area contributed by atoms with E-state index >= 15 is 0 Å². The van der Waals surface area contributed by atoms with Gasteiger partial charge in [0.05, 0.1) is 10.6 Å². The van der Waals surface area contributed by atoms with E-state index in [1.54, 1.807) is 4.88 Å². The Morgan fingerprint density at radius 2 is 2.22 bits per heavy atom. The number of aryl methyl sites for hydroxylation is 1. The minimum atomic E-state index is 0.382. The molecule has 0 amide bonds. The van der Waals surface area contributed by atoms with Gasteiger partial charge in [-0.25, -0.2) is 0 Å². The zero-order valence-corrected chi connectivity index (χ0v) is 15.4. The highest BCUT2D eigenvalue weighted by Crippen LogP contribution is 2.47. The molecule has 2 aromatic rings. The quantitative estimate of drug-likeness (QED) is 0.847. The first kappa shape index (κ1) is 16.4. The van der Waals surface area contributed by atoms with Gasteiger partial charge in [-0.05, 0) is 61.4 Å². The molecule has 1 N–H and O–H groups in total. The van der Waals surface area contributed by atoms with E-state index in [1.807, 2.05) is 30.6 Å². The van der Waals surface area contributed by atoms with Crippen LogP contribution in [-0.4, -0.2) is 12.0 Å². The number of aromatic nitrogens is 1. The van der Waals surface area contributed by atoms with E-state index < -0.39 is 0 Å². The topological polar surface area (TPSA) is 24.9 Å². The molecule has 23 heavy (non-hydrogen) atoms. The highest BCUT2D eigenvalue weighted by Gasteiger charge is 2.31. The first-order chi connectivity index (χ1) is 10.9. The molecular weight excluding hydrogens is 300 g/mol. The monoisotopic (exact) mass is 326 g/mol. The van der Waals surface area contributed by atoms with Crippen LogP contribution in [0.15, 0.2) is 24.9 Å². The molecule has 0 bridgehead atoms. The Balaban J connectivity index is 2.18. The lowest BCUT2D eigenvalue weighted by atomic mass is 9.75. The number of nitrogens with zero attached hydrogens (tertiary/aromatic N) is 1. The van der Waals surface area contributed by atoms with E-state index in [2.05, 4.69) is 38.7 Å². The Bertz CT molecular complexity index is 740. The van der Waals surface area contributed by atoms with Crippen molar-refractivity contribution in [3.05, 3.63) is 46.5 Å². The molecular formula is C20H26N2S. The molecule has 0 fully saturated rings. The fourth-order valence-corrected chi connectivity index (χ4v) is 4.94. The molecule has 122 valence electrons. The van der Waals surface area contributed by atoms with E-state index in [9.17, 15) is 0 Å². The molecule has 0 radical (unpaired) electrons. The number of fused-ring (bicyclic) bond motifs is 1. The number of pyridine rings is 1. The Kier molecular flexibility index (Phi) is 4.43. The van der Waals surface area contributed by atoms with Crippen LogP contribution in [0, 0.1) is 5.41 Å². The Morgan fingerprint density at radius 1 is 1.43 bits per heavy atom. The minimum Gasteiger partial charge on any atom is -0.316 e. The van der Waals surface area contributed by atoms with Crippen LogP contribution in [-0.2, 0) is 19.4 Å². The van der Waals surface area contributed by atoms with E-state index in [1.165, 1.54) is 34.4 Å². The largest absolute Gasteiger partial charge is 0.316 e. The van der Waals surface area contributed by atoms with Crippen molar-refractivity contribution in [2.24, 2.45) is 5.41 Å². The fraction of sp³-hybridized carbons (Fsp3) is 0.450. The average Bonchev–Trinajstić information content (AvgIpc) is 2.85. The van der Waals surface area contributed by atoms with Gasteiger partial charge in [-0.2, -0.15) is 0 Å². The smallest absolute Gasteiger partial charge is 0.0852 e. The van der Waals surface area contributed by atoms with Gasteiger partial charge in [0.25, 0.3) is 0 Å². The van der Waals surface area contributed by atoms with Gasteiger partial charge in [0, 0.05) is 23.2 Å². The molecule has 0 aromatic carbocycles. The van der Waals surface area contributed by atoms with Gasteiger partial charge < -0.3 is 5.32 Å². The molecule has 3 rings (SSSR count). The second-order valence-corrected chi connectivity index (χ2v) is 8.48. The third-order valence-electron chi connectivity index (χ3n) is 4.68. The van der Waals surface area contributed by atoms with Crippen LogP contribution in [0.5, 0.6) is 0 Å². The predicted molar refractivity (Wildman–Crippen MR) is 101 cm³/mol. The summed E-state index contributed by atoms with van der Waals surface area (Å²) in [4.78, 5) is 7.57. The lowest BCUT2D eigenvalue weighted by Crippen LogP contribution is -2.21. The molecule has 0 saturated carbocycles. The zero-order chi connectivity index (χ0) is 16.6. The van der Waals surface area contributed by atoms with Crippen LogP contribution in [0.1, 0.15) is 48.8 Å². The lowest BCUT2D eigenvalue weighted by molar-refractivity contribution is 0.317. The van der Waals surface area contributed by atoms with Gasteiger partial charge in [0.2, 0.25) is 0 Å². The summed E-state index contributed by atoms with van der Waals surface area (Å²) in [5.41, 5.74) is 6.81. The molecule has 2 aromatic heterocycles. The van der Waals surface area contributed by atoms with Crippen molar-refractivity contribution in [3.8, 4) is 10.6 Å². The minimum absolute atomic E-state index is 0.382. The number of hydrogen-bond acceptors (Lipinski definition) is 3. The van der Waals surface area contributed by atoms with Crippen molar-refractivity contribution >= 4 is 16.9 Å². The molecule has 1 aliphatic carbocycles. The second kappa shape index (κ2) is 6.21. The second-order valence-electron chi connectivity index (χ2n) is 7.37. The third-order valence-corrected chi connectivity index (χ3v) is 5.97. The summed E-state index contributed by atoms with van der Waals surface area (Å²) in [6.07, 6.45) is 5.50. The fourth-order valence-electron chi connectivity index (χ4n) is 3.51. The number of allylic oxidation sites excluding steroid dienone is 1. The predicted octanol–water partition coefficient (Wildman–Crippen LogP) is 5.08. The van der Waals surface area contributed by atoms with Gasteiger partial charge >= 0.3 is 0 Å². The highest BCUT2D eigenvalue weighted by molar-refractivity contribution is 7.16. The van der Waals surface area contributed by atoms with Crippen LogP contribution in [0.3, 0.4) is 0 Å². The summed E-state index contributed by atoms with van der Waals surface area (Å²) >= 11 is 1.93. The van der Waals surface area contributed by atoms with Crippen LogP contribution in [0.25, 0.3) is 16.1 Å². The Labute approximate surface area is 143 Å². The van der Waals surface area contributed by atoms with Crippen molar-refractivity contribution in [3.63, 3.8) is 0 Å². The zero-order valence-electron chi connectivity index (χ0n) is 14.6. The standard InChI is InChI=1S/C20H26N2S/c1-13(2)17-15-11-20(3,4)9-8-16(15)23-19(17)18-14(12-21-5)7-6-10-22-18/h6-7,10,21H,1,8-9,11-12H2,2-5H3. The van der Waals surface area contributed by atoms with Crippen LogP contribution < -0.4 is 5.32 Å². The maximum Gasteiger partial charge on any atom is 0.0852 e. The summed E-state index contributed by atoms with van der Waals surface area (Å²) in [5, 5.41) is 3.26. The molecule has 0 spiro atoms. The molecule has 3 heteroatoms. The summed E-state index contributed by atoms with van der Waals surface area (Å²) in [5.74, 6) is 0. The molecule has 0 atom stereocenters. The normalized spacial score (nSPS) is 16.2. The van der Waals surface area contributed by atoms with E-state index in [0.29, 0.717) is 5.41 Å². The first-order valence-corrected chi connectivity index (χ1v) is 9.14. The molecule has 0 aliphatic heterocycles. The Morgan fingerprint density at radius 3 is 2.91 bits per heavy atom. The van der Waals surface area contributed by atoms with Crippen molar-refractivity contribution in [1.29, 1.82) is 0 Å². The molecule has 0 unspecified atom stereocenters. The number of rotatable bonds is 4. The third kappa shape index (κ3) is 3.13. The van der Waals surface area contributed by atoms with Gasteiger partial charge in [0.15, 0.2) is 0 Å². The summed E-state index contributed by atoms with van der Waals surface area (Å²) in [7, 11) is 1.98. The van der Waals surface area contributed by atoms with E-state index in [4.69, 9.17) is 4.98 Å². The number of thiophene rings is 1. The molecule has 2 nitrogen and oxygen atoms in total. The number of hydrogen-bond donors (Lipinski definition) is 1. The van der Waals surface area contributed by atoms with Gasteiger partial charge in [-0.1, -0.05) is 26.5 Å². The SMILES string of the molecule is C=C(C)c1c(-c2ncccc2CNC)sc2c1CC(C)(C)CC2. The molecule has 2 heterocycles. The van der Waals surface area contributed by atoms with Crippen LogP contribution >= 0.6 is 11.3 Å². The van der Waals surface area contributed by atoms with E-state index in [-0.39, 0.29) is 0 Å². The average molecular weight is 327 g/mol. The maximum atomic E-state index is 4.72. The summed E-state index contributed by atoms with van der Waals surface area (Å²) in [6, 6.07) is 4.19. The van der Waals surface area contributed by atoms with Crippen molar-refractivity contribution in [2.45, 2.75) is 46.6 Å². The van der Waals surface area contributed by atoms with Gasteiger partial charge in [-0.15, -0.1) is 11.3 Å². The van der Waals surface area contributed by atoms with Crippen molar-refractivity contribution < 1.29 is 0 Å². The first-order valence-electron chi connectivity index (χ1n) is 8.32. The lowest BCUT2D eigenvalue weighted by Gasteiger charge is -2.30. The maximum absolute atomic E-state index is 4.72. The van der Waals surface area contributed by atoms with Crippen LogP contribution in [0.2, 0.25) is 0 Å². The van der Waals surface area contributed by atoms with E-state index in [0.717, 1.165) is 24.2 Å². The summed E-state index contributed by atoms with van der Waals surface area (Å²) < 4.78 is 0. The van der Waals surface area contributed by atoms with Crippen molar-refractivity contribution in [1.82, 2.24) is 10.3 Å². The molecule has 0 saturated heterocycles. The Hall–Kier alpha value is -1.45. The summed E-state index contributed by atoms with van der Waals surface area (Å²) in [6.45, 7) is 12.0. The molecule has 1 aliphatic rings.